The number of aliphatic hydroxyl groups is 1. The van der Waals surface area contributed by atoms with Crippen molar-refractivity contribution in [2.24, 2.45) is 23.7 Å². The lowest BCUT2D eigenvalue weighted by Gasteiger charge is -2.44. The average molecular weight is 334 g/mol. The van der Waals surface area contributed by atoms with Crippen LogP contribution in [0.2, 0.25) is 0 Å². The van der Waals surface area contributed by atoms with Gasteiger partial charge in [-0.1, -0.05) is 19.6 Å². The zero-order valence-corrected chi connectivity index (χ0v) is 14.8. The van der Waals surface area contributed by atoms with E-state index in [2.05, 4.69) is 30.2 Å². The van der Waals surface area contributed by atoms with Crippen LogP contribution >= 0.6 is 0 Å². The minimum Gasteiger partial charge on any atom is -0.392 e. The standard InChI is InChI=1S/C19H30N2O3/c1-12-4-6-17(13(2)11-22)18-10-15(5-7-16(12)18)19(24)21-9-8-20-14(3)23/h10,12,16-18,22H,2,4-9,11H2,1,3H3,(H,20,23)(H,21,24)/t12-,16-,17+,18-/m0/s1. The van der Waals surface area contributed by atoms with Gasteiger partial charge in [0.25, 0.3) is 0 Å². The summed E-state index contributed by atoms with van der Waals surface area (Å²) in [6, 6.07) is 0. The fraction of sp³-hybridized carbons (Fsp3) is 0.684. The number of fused-ring (bicyclic) bond motifs is 1. The lowest BCUT2D eigenvalue weighted by Crippen LogP contribution is -2.39. The van der Waals surface area contributed by atoms with Crippen LogP contribution in [0.15, 0.2) is 23.8 Å². The van der Waals surface area contributed by atoms with Gasteiger partial charge >= 0.3 is 0 Å². The van der Waals surface area contributed by atoms with Gasteiger partial charge in [-0.2, -0.15) is 0 Å². The van der Waals surface area contributed by atoms with Gasteiger partial charge in [0.05, 0.1) is 6.61 Å². The van der Waals surface area contributed by atoms with Crippen molar-refractivity contribution in [3.05, 3.63) is 23.8 Å². The molecule has 1 saturated carbocycles. The third-order valence-corrected chi connectivity index (χ3v) is 5.57. The minimum atomic E-state index is -0.0921. The second-order valence-corrected chi connectivity index (χ2v) is 7.19. The third kappa shape index (κ3) is 4.47. The Hall–Kier alpha value is -1.62. The Morgan fingerprint density at radius 1 is 1.25 bits per heavy atom. The summed E-state index contributed by atoms with van der Waals surface area (Å²) in [4.78, 5) is 23.2. The summed E-state index contributed by atoms with van der Waals surface area (Å²) in [5, 5.41) is 15.0. The first-order valence-electron chi connectivity index (χ1n) is 8.96. The molecule has 2 rings (SSSR count). The van der Waals surface area contributed by atoms with Crippen molar-refractivity contribution in [3.63, 3.8) is 0 Å². The molecule has 0 bridgehead atoms. The van der Waals surface area contributed by atoms with Gasteiger partial charge in [0.2, 0.25) is 11.8 Å². The van der Waals surface area contributed by atoms with Crippen molar-refractivity contribution in [2.75, 3.05) is 19.7 Å². The first kappa shape index (κ1) is 18.7. The quantitative estimate of drug-likeness (QED) is 0.512. The van der Waals surface area contributed by atoms with E-state index < -0.39 is 0 Å². The van der Waals surface area contributed by atoms with Crippen molar-refractivity contribution in [1.29, 1.82) is 0 Å². The summed E-state index contributed by atoms with van der Waals surface area (Å²) in [6.07, 6.45) is 6.15. The Morgan fingerprint density at radius 2 is 1.96 bits per heavy atom. The average Bonchev–Trinajstić information content (AvgIpc) is 2.57. The van der Waals surface area contributed by atoms with Gasteiger partial charge in [-0.3, -0.25) is 9.59 Å². The summed E-state index contributed by atoms with van der Waals surface area (Å²) in [7, 11) is 0. The maximum Gasteiger partial charge on any atom is 0.246 e. The van der Waals surface area contributed by atoms with Crippen molar-refractivity contribution < 1.29 is 14.7 Å². The van der Waals surface area contributed by atoms with Crippen LogP contribution in [0.1, 0.15) is 39.5 Å². The smallest absolute Gasteiger partial charge is 0.246 e. The zero-order chi connectivity index (χ0) is 17.7. The van der Waals surface area contributed by atoms with Crippen LogP contribution in [0.3, 0.4) is 0 Å². The summed E-state index contributed by atoms with van der Waals surface area (Å²) >= 11 is 0. The predicted octanol–water partition coefficient (Wildman–Crippen LogP) is 1.79. The number of amides is 2. The number of carbonyl (C=O) groups excluding carboxylic acids is 2. The highest BCUT2D eigenvalue weighted by Gasteiger charge is 2.39. The number of hydrogen-bond acceptors (Lipinski definition) is 3. The molecule has 2 aliphatic carbocycles. The van der Waals surface area contributed by atoms with E-state index in [0.717, 1.165) is 36.8 Å². The molecular weight excluding hydrogens is 304 g/mol. The number of nitrogens with one attached hydrogen (secondary N) is 2. The van der Waals surface area contributed by atoms with E-state index in [1.807, 2.05) is 0 Å². The molecule has 2 aliphatic rings. The van der Waals surface area contributed by atoms with Crippen molar-refractivity contribution >= 4 is 11.8 Å². The van der Waals surface area contributed by atoms with Crippen molar-refractivity contribution in [3.8, 4) is 0 Å². The van der Waals surface area contributed by atoms with Gasteiger partial charge in [0, 0.05) is 25.6 Å². The largest absolute Gasteiger partial charge is 0.392 e. The van der Waals surface area contributed by atoms with E-state index in [-0.39, 0.29) is 24.3 Å². The topological polar surface area (TPSA) is 78.4 Å². The van der Waals surface area contributed by atoms with Gasteiger partial charge < -0.3 is 15.7 Å². The number of rotatable bonds is 6. The van der Waals surface area contributed by atoms with Crippen LogP contribution in [0.25, 0.3) is 0 Å². The molecule has 0 aromatic carbocycles. The SMILES string of the molecule is C=C(CO)[C@H]1CC[C@H](C)[C@@H]2CCC(C(=O)NCCNC(C)=O)=C[C@@H]21. The van der Waals surface area contributed by atoms with Gasteiger partial charge in [-0.15, -0.1) is 0 Å². The van der Waals surface area contributed by atoms with E-state index in [9.17, 15) is 14.7 Å². The number of carbonyl (C=O) groups is 2. The molecular formula is C19H30N2O3. The highest BCUT2D eigenvalue weighted by molar-refractivity contribution is 5.93. The Morgan fingerprint density at radius 3 is 2.62 bits per heavy atom. The van der Waals surface area contributed by atoms with E-state index in [1.54, 1.807) is 0 Å². The van der Waals surface area contributed by atoms with Gasteiger partial charge in [-0.05, 0) is 54.9 Å². The molecule has 0 radical (unpaired) electrons. The third-order valence-electron chi connectivity index (χ3n) is 5.57. The number of hydrogen-bond donors (Lipinski definition) is 3. The second kappa shape index (κ2) is 8.47. The lowest BCUT2D eigenvalue weighted by molar-refractivity contribution is -0.120. The molecule has 0 heterocycles. The molecule has 0 aromatic heterocycles. The molecule has 0 spiro atoms. The Bertz CT molecular complexity index is 527. The summed E-state index contributed by atoms with van der Waals surface area (Å²) in [5.74, 6) is 1.68. The van der Waals surface area contributed by atoms with Crippen LogP contribution < -0.4 is 10.6 Å². The van der Waals surface area contributed by atoms with E-state index in [0.29, 0.717) is 30.8 Å². The van der Waals surface area contributed by atoms with Crippen LogP contribution in [0.4, 0.5) is 0 Å². The molecule has 0 aliphatic heterocycles. The van der Waals surface area contributed by atoms with Gasteiger partial charge in [0.15, 0.2) is 0 Å². The second-order valence-electron chi connectivity index (χ2n) is 7.19. The van der Waals surface area contributed by atoms with Crippen LogP contribution in [-0.4, -0.2) is 36.6 Å². The molecule has 5 heteroatoms. The monoisotopic (exact) mass is 334 g/mol. The Balaban J connectivity index is 2.02. The summed E-state index contributed by atoms with van der Waals surface area (Å²) < 4.78 is 0. The minimum absolute atomic E-state index is 0.0222. The molecule has 0 aromatic rings. The van der Waals surface area contributed by atoms with Gasteiger partial charge in [0.1, 0.15) is 0 Å². The molecule has 0 unspecified atom stereocenters. The Kier molecular flexibility index (Phi) is 6.60. The lowest BCUT2D eigenvalue weighted by atomic mass is 9.61. The molecule has 5 nitrogen and oxygen atoms in total. The highest BCUT2D eigenvalue weighted by atomic mass is 16.3. The molecule has 3 N–H and O–H groups in total. The van der Waals surface area contributed by atoms with E-state index in [4.69, 9.17) is 0 Å². The fourth-order valence-corrected chi connectivity index (χ4v) is 4.19. The van der Waals surface area contributed by atoms with Gasteiger partial charge in [-0.25, -0.2) is 0 Å². The predicted molar refractivity (Wildman–Crippen MR) is 94.1 cm³/mol. The van der Waals surface area contributed by atoms with Crippen molar-refractivity contribution in [2.45, 2.75) is 39.5 Å². The fourth-order valence-electron chi connectivity index (χ4n) is 4.19. The Labute approximate surface area is 144 Å². The first-order chi connectivity index (χ1) is 11.4. The maximum absolute atomic E-state index is 12.4. The molecule has 0 saturated heterocycles. The highest BCUT2D eigenvalue weighted by Crippen LogP contribution is 2.47. The van der Waals surface area contributed by atoms with Crippen LogP contribution in [0, 0.1) is 23.7 Å². The molecule has 4 atom stereocenters. The first-order valence-corrected chi connectivity index (χ1v) is 8.96. The van der Waals surface area contributed by atoms with Crippen LogP contribution in [0.5, 0.6) is 0 Å². The number of allylic oxidation sites excluding steroid dienone is 1. The summed E-state index contributed by atoms with van der Waals surface area (Å²) in [5.41, 5.74) is 1.73. The molecule has 134 valence electrons. The molecule has 24 heavy (non-hydrogen) atoms. The summed E-state index contributed by atoms with van der Waals surface area (Å²) in [6.45, 7) is 8.70. The zero-order valence-electron chi connectivity index (χ0n) is 14.8. The molecule has 2 amide bonds. The van der Waals surface area contributed by atoms with Crippen molar-refractivity contribution in [1.82, 2.24) is 10.6 Å². The maximum atomic E-state index is 12.4. The van der Waals surface area contributed by atoms with Crippen LogP contribution in [-0.2, 0) is 9.59 Å². The number of aliphatic hydroxyl groups excluding tert-OH is 1. The van der Waals surface area contributed by atoms with E-state index >= 15 is 0 Å². The van der Waals surface area contributed by atoms with E-state index in [1.165, 1.54) is 6.92 Å². The molecule has 1 fully saturated rings. The normalized spacial score (nSPS) is 29.2.